The molecule has 2 N–H and O–H groups in total. The number of carbonyl (C=O) groups excluding carboxylic acids is 1. The van der Waals surface area contributed by atoms with Crippen LogP contribution in [-0.2, 0) is 16.0 Å². The number of hydrogen-bond donors (Lipinski definition) is 2. The molecule has 1 aromatic heterocycles. The molecular weight excluding hydrogens is 258 g/mol. The second kappa shape index (κ2) is 5.00. The van der Waals surface area contributed by atoms with Gasteiger partial charge in [-0.05, 0) is 32.4 Å². The summed E-state index contributed by atoms with van der Waals surface area (Å²) in [6, 6.07) is 5.75. The zero-order chi connectivity index (χ0) is 14.9. The summed E-state index contributed by atoms with van der Waals surface area (Å²) in [5.41, 5.74) is 1.27. The molecule has 20 heavy (non-hydrogen) atoms. The Hall–Kier alpha value is -2.30. The molecule has 0 saturated heterocycles. The summed E-state index contributed by atoms with van der Waals surface area (Å²) in [5.74, 6) is -1.42. The van der Waals surface area contributed by atoms with E-state index in [1.54, 1.807) is 0 Å². The molecule has 0 aliphatic rings. The highest BCUT2D eigenvalue weighted by Gasteiger charge is 2.29. The van der Waals surface area contributed by atoms with Gasteiger partial charge in [0.05, 0.1) is 12.7 Å². The summed E-state index contributed by atoms with van der Waals surface area (Å²) in [6.07, 6.45) is 1.63. The Kier molecular flexibility index (Phi) is 3.53. The van der Waals surface area contributed by atoms with Crippen LogP contribution in [0.5, 0.6) is 0 Å². The summed E-state index contributed by atoms with van der Waals surface area (Å²) in [4.78, 5) is 22.9. The van der Waals surface area contributed by atoms with E-state index in [0.29, 0.717) is 0 Å². The van der Waals surface area contributed by atoms with Crippen molar-refractivity contribution in [3.8, 4) is 0 Å². The second-order valence-corrected chi connectivity index (χ2v) is 5.42. The van der Waals surface area contributed by atoms with Crippen molar-refractivity contribution >= 4 is 22.8 Å². The van der Waals surface area contributed by atoms with Crippen molar-refractivity contribution in [2.24, 2.45) is 0 Å². The number of aliphatic carboxylic acids is 1. The van der Waals surface area contributed by atoms with Gasteiger partial charge in [-0.3, -0.25) is 4.79 Å². The molecule has 0 radical (unpaired) electrons. The van der Waals surface area contributed by atoms with Crippen molar-refractivity contribution in [3.63, 3.8) is 0 Å². The van der Waals surface area contributed by atoms with Crippen molar-refractivity contribution in [1.82, 2.24) is 5.32 Å². The molecule has 2 rings (SSSR count). The summed E-state index contributed by atoms with van der Waals surface area (Å²) >= 11 is 0. The molecule has 0 atom stereocenters. The number of amides is 1. The Morgan fingerprint density at radius 1 is 1.35 bits per heavy atom. The third-order valence-electron chi connectivity index (χ3n) is 3.15. The van der Waals surface area contributed by atoms with Gasteiger partial charge in [-0.1, -0.05) is 12.1 Å². The average Bonchev–Trinajstić information content (AvgIpc) is 2.70. The molecule has 1 heterocycles. The molecule has 1 aromatic carbocycles. The standard InChI is InChI=1S/C15H17NO4/c1-9-4-5-11-10(8-20-12(11)6-9)7-13(17)16-15(2,3)14(18)19/h4-6,8H,7H2,1-3H3,(H,16,17)(H,18,19). The number of aryl methyl sites for hydroxylation is 1. The van der Waals surface area contributed by atoms with Crippen LogP contribution in [0, 0.1) is 6.92 Å². The number of carboxylic acids is 1. The monoisotopic (exact) mass is 275 g/mol. The van der Waals surface area contributed by atoms with E-state index in [-0.39, 0.29) is 12.3 Å². The number of furan rings is 1. The lowest BCUT2D eigenvalue weighted by molar-refractivity contribution is -0.145. The molecule has 1 amide bonds. The minimum atomic E-state index is -1.28. The predicted octanol–water partition coefficient (Wildman–Crippen LogP) is 2.26. The van der Waals surface area contributed by atoms with Crippen molar-refractivity contribution < 1.29 is 19.1 Å². The minimum absolute atomic E-state index is 0.0901. The van der Waals surface area contributed by atoms with Gasteiger partial charge in [0.25, 0.3) is 0 Å². The first-order valence-electron chi connectivity index (χ1n) is 6.31. The van der Waals surface area contributed by atoms with Gasteiger partial charge in [0.1, 0.15) is 11.1 Å². The summed E-state index contributed by atoms with van der Waals surface area (Å²) < 4.78 is 5.41. The highest BCUT2D eigenvalue weighted by molar-refractivity contribution is 5.91. The summed E-state index contributed by atoms with van der Waals surface area (Å²) in [6.45, 7) is 4.86. The zero-order valence-corrected chi connectivity index (χ0v) is 11.7. The number of rotatable bonds is 4. The molecule has 0 unspecified atom stereocenters. The molecule has 106 valence electrons. The Bertz CT molecular complexity index is 670. The van der Waals surface area contributed by atoms with Crippen LogP contribution in [0.2, 0.25) is 0 Å². The number of nitrogens with one attached hydrogen (secondary N) is 1. The number of benzene rings is 1. The van der Waals surface area contributed by atoms with E-state index in [1.807, 2.05) is 25.1 Å². The smallest absolute Gasteiger partial charge is 0.328 e. The van der Waals surface area contributed by atoms with Crippen LogP contribution in [0.3, 0.4) is 0 Å². The second-order valence-electron chi connectivity index (χ2n) is 5.42. The summed E-state index contributed by atoms with van der Waals surface area (Å²) in [5, 5.41) is 12.3. The SMILES string of the molecule is Cc1ccc2c(CC(=O)NC(C)(C)C(=O)O)coc2c1. The van der Waals surface area contributed by atoms with Crippen LogP contribution in [0.1, 0.15) is 25.0 Å². The zero-order valence-electron chi connectivity index (χ0n) is 11.7. The van der Waals surface area contributed by atoms with E-state index in [1.165, 1.54) is 20.1 Å². The fraction of sp³-hybridized carbons (Fsp3) is 0.333. The third-order valence-corrected chi connectivity index (χ3v) is 3.15. The topological polar surface area (TPSA) is 79.5 Å². The molecule has 2 aromatic rings. The molecule has 0 spiro atoms. The van der Waals surface area contributed by atoms with E-state index < -0.39 is 11.5 Å². The maximum Gasteiger partial charge on any atom is 0.328 e. The van der Waals surface area contributed by atoms with Gasteiger partial charge < -0.3 is 14.8 Å². The van der Waals surface area contributed by atoms with Gasteiger partial charge in [0, 0.05) is 10.9 Å². The molecule has 0 bridgehead atoms. The predicted molar refractivity (Wildman–Crippen MR) is 74.5 cm³/mol. The average molecular weight is 275 g/mol. The van der Waals surface area contributed by atoms with Gasteiger partial charge >= 0.3 is 5.97 Å². The Morgan fingerprint density at radius 3 is 2.70 bits per heavy atom. The van der Waals surface area contributed by atoms with Crippen LogP contribution in [-0.4, -0.2) is 22.5 Å². The first-order valence-corrected chi connectivity index (χ1v) is 6.31. The molecule has 0 saturated carbocycles. The normalized spacial score (nSPS) is 11.6. The van der Waals surface area contributed by atoms with Crippen molar-refractivity contribution in [2.45, 2.75) is 32.7 Å². The van der Waals surface area contributed by atoms with E-state index in [4.69, 9.17) is 9.52 Å². The van der Waals surface area contributed by atoms with E-state index >= 15 is 0 Å². The van der Waals surface area contributed by atoms with Crippen molar-refractivity contribution in [2.75, 3.05) is 0 Å². The van der Waals surface area contributed by atoms with Crippen molar-refractivity contribution in [1.29, 1.82) is 0 Å². The van der Waals surface area contributed by atoms with Gasteiger partial charge in [-0.25, -0.2) is 4.79 Å². The first-order chi connectivity index (χ1) is 9.29. The fourth-order valence-corrected chi connectivity index (χ4v) is 1.95. The quantitative estimate of drug-likeness (QED) is 0.897. The van der Waals surface area contributed by atoms with Crippen LogP contribution in [0.15, 0.2) is 28.9 Å². The molecule has 0 fully saturated rings. The third kappa shape index (κ3) is 2.82. The summed E-state index contributed by atoms with van der Waals surface area (Å²) in [7, 11) is 0. The van der Waals surface area contributed by atoms with E-state index in [0.717, 1.165) is 22.1 Å². The minimum Gasteiger partial charge on any atom is -0.480 e. The lowest BCUT2D eigenvalue weighted by atomic mass is 10.0. The Balaban J connectivity index is 2.16. The number of hydrogen-bond acceptors (Lipinski definition) is 3. The highest BCUT2D eigenvalue weighted by atomic mass is 16.4. The van der Waals surface area contributed by atoms with Crippen LogP contribution in [0.25, 0.3) is 11.0 Å². The Morgan fingerprint density at radius 2 is 2.05 bits per heavy atom. The number of carbonyl (C=O) groups is 2. The molecule has 0 aliphatic carbocycles. The molecule has 0 aliphatic heterocycles. The maximum absolute atomic E-state index is 11.9. The van der Waals surface area contributed by atoms with Crippen LogP contribution in [0.4, 0.5) is 0 Å². The first kappa shape index (κ1) is 14.1. The van der Waals surface area contributed by atoms with Gasteiger partial charge in [-0.15, -0.1) is 0 Å². The van der Waals surface area contributed by atoms with Gasteiger partial charge in [0.15, 0.2) is 0 Å². The van der Waals surface area contributed by atoms with Crippen LogP contribution >= 0.6 is 0 Å². The van der Waals surface area contributed by atoms with E-state index in [2.05, 4.69) is 5.32 Å². The lowest BCUT2D eigenvalue weighted by Gasteiger charge is -2.20. The molecular formula is C15H17NO4. The highest BCUT2D eigenvalue weighted by Crippen LogP contribution is 2.22. The lowest BCUT2D eigenvalue weighted by Crippen LogP contribution is -2.50. The van der Waals surface area contributed by atoms with Gasteiger partial charge in [0.2, 0.25) is 5.91 Å². The number of fused-ring (bicyclic) bond motifs is 1. The molecule has 5 heteroatoms. The van der Waals surface area contributed by atoms with Crippen molar-refractivity contribution in [3.05, 3.63) is 35.6 Å². The van der Waals surface area contributed by atoms with Crippen LogP contribution < -0.4 is 5.32 Å². The molecule has 5 nitrogen and oxygen atoms in total. The number of carboxylic acid groups (broad SMARTS) is 1. The van der Waals surface area contributed by atoms with E-state index in [9.17, 15) is 9.59 Å². The van der Waals surface area contributed by atoms with Gasteiger partial charge in [-0.2, -0.15) is 0 Å². The maximum atomic E-state index is 11.9. The fourth-order valence-electron chi connectivity index (χ4n) is 1.95. The Labute approximate surface area is 116 Å². The largest absolute Gasteiger partial charge is 0.480 e.